The maximum atomic E-state index is 11.8. The first-order valence-electron chi connectivity index (χ1n) is 9.81. The van der Waals surface area contributed by atoms with Crippen LogP contribution in [0.5, 0.6) is 0 Å². The van der Waals surface area contributed by atoms with E-state index in [4.69, 9.17) is 14.2 Å². The summed E-state index contributed by atoms with van der Waals surface area (Å²) in [6.45, 7) is 10.3. The molecule has 1 unspecified atom stereocenters. The van der Waals surface area contributed by atoms with Crippen LogP contribution in [0.4, 0.5) is 0 Å². The first-order chi connectivity index (χ1) is 11.8. The summed E-state index contributed by atoms with van der Waals surface area (Å²) in [7, 11) is 0. The third-order valence-electron chi connectivity index (χ3n) is 3.63. The van der Waals surface area contributed by atoms with E-state index in [0.29, 0.717) is 13.0 Å². The van der Waals surface area contributed by atoms with E-state index in [1.165, 1.54) is 32.1 Å². The zero-order valence-electron chi connectivity index (χ0n) is 16.9. The summed E-state index contributed by atoms with van der Waals surface area (Å²) in [6, 6.07) is 0. The van der Waals surface area contributed by atoms with Gasteiger partial charge >= 0.3 is 11.9 Å². The van der Waals surface area contributed by atoms with Crippen LogP contribution in [-0.2, 0) is 23.8 Å². The van der Waals surface area contributed by atoms with Gasteiger partial charge in [0.2, 0.25) is 6.29 Å². The molecule has 0 aliphatic heterocycles. The van der Waals surface area contributed by atoms with Crippen LogP contribution in [0.25, 0.3) is 0 Å². The Hall–Kier alpha value is -1.10. The van der Waals surface area contributed by atoms with Gasteiger partial charge in [-0.1, -0.05) is 52.4 Å². The molecule has 0 aliphatic carbocycles. The van der Waals surface area contributed by atoms with Crippen LogP contribution in [0.2, 0.25) is 0 Å². The minimum Gasteiger partial charge on any atom is -0.466 e. The Morgan fingerprint density at radius 2 is 1.40 bits per heavy atom. The second-order valence-corrected chi connectivity index (χ2v) is 7.40. The van der Waals surface area contributed by atoms with Crippen molar-refractivity contribution < 1.29 is 23.8 Å². The van der Waals surface area contributed by atoms with Crippen LogP contribution < -0.4 is 0 Å². The molecule has 0 rings (SSSR count). The Morgan fingerprint density at radius 3 is 1.96 bits per heavy atom. The minimum atomic E-state index is -0.573. The highest BCUT2D eigenvalue weighted by Crippen LogP contribution is 2.15. The predicted octanol–water partition coefficient (Wildman–Crippen LogP) is 5.15. The Labute approximate surface area is 153 Å². The van der Waals surface area contributed by atoms with Crippen LogP contribution in [0.3, 0.4) is 0 Å². The number of hydrogen-bond acceptors (Lipinski definition) is 5. The van der Waals surface area contributed by atoms with Gasteiger partial charge in [0, 0.05) is 6.42 Å². The second-order valence-electron chi connectivity index (χ2n) is 7.40. The minimum absolute atomic E-state index is 0.0276. The van der Waals surface area contributed by atoms with E-state index >= 15 is 0 Å². The normalized spacial score (nSPS) is 12.7. The summed E-state index contributed by atoms with van der Waals surface area (Å²) >= 11 is 0. The van der Waals surface area contributed by atoms with E-state index < -0.39 is 12.3 Å². The smallest absolute Gasteiger partial charge is 0.308 e. The molecule has 0 N–H and O–H groups in total. The molecule has 5 heteroatoms. The molecule has 148 valence electrons. The van der Waals surface area contributed by atoms with E-state index in [1.54, 1.807) is 0 Å². The fourth-order valence-electron chi connectivity index (χ4n) is 2.31. The number of ether oxygens (including phenoxy) is 3. The molecule has 0 heterocycles. The Bertz CT molecular complexity index is 360. The number of hydrogen-bond donors (Lipinski definition) is 0. The van der Waals surface area contributed by atoms with Gasteiger partial charge < -0.3 is 14.2 Å². The molecule has 0 amide bonds. The lowest BCUT2D eigenvalue weighted by Crippen LogP contribution is -2.30. The van der Waals surface area contributed by atoms with Gasteiger partial charge in [0.05, 0.1) is 25.0 Å². The highest BCUT2D eigenvalue weighted by molar-refractivity contribution is 5.77. The van der Waals surface area contributed by atoms with Crippen LogP contribution >= 0.6 is 0 Å². The lowest BCUT2D eigenvalue weighted by molar-refractivity contribution is -0.204. The van der Waals surface area contributed by atoms with Crippen molar-refractivity contribution in [2.75, 3.05) is 6.61 Å². The van der Waals surface area contributed by atoms with Gasteiger partial charge in [-0.2, -0.15) is 0 Å². The fourth-order valence-corrected chi connectivity index (χ4v) is 2.31. The monoisotopic (exact) mass is 358 g/mol. The lowest BCUT2D eigenvalue weighted by Gasteiger charge is -2.26. The molecule has 0 fully saturated rings. The molecule has 0 aromatic carbocycles. The first-order valence-corrected chi connectivity index (χ1v) is 9.81. The molecule has 0 aromatic heterocycles. The number of rotatable bonds is 14. The molecular formula is C20H38O5. The summed E-state index contributed by atoms with van der Waals surface area (Å²) in [4.78, 5) is 23.4. The summed E-state index contributed by atoms with van der Waals surface area (Å²) in [5.74, 6) is -0.767. The quantitative estimate of drug-likeness (QED) is 0.244. The van der Waals surface area contributed by atoms with Gasteiger partial charge in [-0.05, 0) is 27.2 Å². The van der Waals surface area contributed by atoms with Crippen LogP contribution in [0.15, 0.2) is 0 Å². The lowest BCUT2D eigenvalue weighted by atomic mass is 10.1. The number of unbranched alkanes of at least 4 members (excludes halogenated alkanes) is 6. The van der Waals surface area contributed by atoms with Crippen molar-refractivity contribution in [3.63, 3.8) is 0 Å². The third-order valence-corrected chi connectivity index (χ3v) is 3.63. The van der Waals surface area contributed by atoms with Crippen molar-refractivity contribution in [2.45, 2.75) is 111 Å². The van der Waals surface area contributed by atoms with Crippen molar-refractivity contribution in [3.05, 3.63) is 0 Å². The SMILES string of the molecule is CCCCCCCCCOC(=O)CCC(=O)OC(CC)OC(C)(C)C. The maximum absolute atomic E-state index is 11.8. The Morgan fingerprint density at radius 1 is 0.840 bits per heavy atom. The fraction of sp³-hybridized carbons (Fsp3) is 0.900. The van der Waals surface area contributed by atoms with Gasteiger partial charge in [0.1, 0.15) is 0 Å². The summed E-state index contributed by atoms with van der Waals surface area (Å²) in [5.41, 5.74) is -0.379. The highest BCUT2D eigenvalue weighted by Gasteiger charge is 2.21. The van der Waals surface area contributed by atoms with Crippen molar-refractivity contribution in [1.29, 1.82) is 0 Å². The largest absolute Gasteiger partial charge is 0.466 e. The molecule has 0 saturated heterocycles. The van der Waals surface area contributed by atoms with Gasteiger partial charge in [-0.3, -0.25) is 9.59 Å². The van der Waals surface area contributed by atoms with E-state index in [2.05, 4.69) is 6.92 Å². The molecule has 1 atom stereocenters. The zero-order chi connectivity index (χ0) is 19.1. The third kappa shape index (κ3) is 16.1. The van der Waals surface area contributed by atoms with Gasteiger partial charge in [-0.25, -0.2) is 0 Å². The standard InChI is InChI=1S/C20H38O5/c1-6-8-9-10-11-12-13-16-23-17(21)14-15-18(22)24-19(7-2)25-20(3,4)5/h19H,6-16H2,1-5H3. The van der Waals surface area contributed by atoms with E-state index in [0.717, 1.165) is 12.8 Å². The van der Waals surface area contributed by atoms with Crippen molar-refractivity contribution in [3.8, 4) is 0 Å². The predicted molar refractivity (Wildman–Crippen MR) is 99.2 cm³/mol. The first kappa shape index (κ1) is 23.9. The zero-order valence-corrected chi connectivity index (χ0v) is 16.9. The number of carbonyl (C=O) groups is 2. The number of carbonyl (C=O) groups excluding carboxylic acids is 2. The Balaban J connectivity index is 3.71. The van der Waals surface area contributed by atoms with Crippen molar-refractivity contribution in [1.82, 2.24) is 0 Å². The molecule has 0 spiro atoms. The summed E-state index contributed by atoms with van der Waals surface area (Å²) in [6.07, 6.45) is 8.34. The van der Waals surface area contributed by atoms with E-state index in [1.807, 2.05) is 27.7 Å². The average Bonchev–Trinajstić information content (AvgIpc) is 2.53. The van der Waals surface area contributed by atoms with Crippen molar-refractivity contribution >= 4 is 11.9 Å². The molecule has 25 heavy (non-hydrogen) atoms. The van der Waals surface area contributed by atoms with Crippen LogP contribution in [0, 0.1) is 0 Å². The molecule has 0 radical (unpaired) electrons. The average molecular weight is 359 g/mol. The molecule has 0 aliphatic rings. The molecular weight excluding hydrogens is 320 g/mol. The Kier molecular flexibility index (Phi) is 13.5. The van der Waals surface area contributed by atoms with Crippen LogP contribution in [-0.4, -0.2) is 30.4 Å². The summed E-state index contributed by atoms with van der Waals surface area (Å²) in [5, 5.41) is 0. The van der Waals surface area contributed by atoms with E-state index in [9.17, 15) is 9.59 Å². The van der Waals surface area contributed by atoms with Crippen LogP contribution in [0.1, 0.15) is 98.8 Å². The van der Waals surface area contributed by atoms with E-state index in [-0.39, 0.29) is 24.4 Å². The van der Waals surface area contributed by atoms with Gasteiger partial charge in [-0.15, -0.1) is 0 Å². The highest BCUT2D eigenvalue weighted by atomic mass is 16.7. The topological polar surface area (TPSA) is 61.8 Å². The van der Waals surface area contributed by atoms with Gasteiger partial charge in [0.25, 0.3) is 0 Å². The number of esters is 2. The van der Waals surface area contributed by atoms with Gasteiger partial charge in [0.15, 0.2) is 0 Å². The molecule has 0 saturated carbocycles. The second kappa shape index (κ2) is 14.1. The maximum Gasteiger partial charge on any atom is 0.308 e. The molecule has 5 nitrogen and oxygen atoms in total. The summed E-state index contributed by atoms with van der Waals surface area (Å²) < 4.78 is 16.0. The molecule has 0 bridgehead atoms. The molecule has 0 aromatic rings. The van der Waals surface area contributed by atoms with Crippen molar-refractivity contribution in [2.24, 2.45) is 0 Å².